The van der Waals surface area contributed by atoms with Crippen LogP contribution in [0.5, 0.6) is 0 Å². The number of halogens is 1. The van der Waals surface area contributed by atoms with Gasteiger partial charge >= 0.3 is 7.12 Å². The summed E-state index contributed by atoms with van der Waals surface area (Å²) in [6.45, 7) is 0. The van der Waals surface area contributed by atoms with Gasteiger partial charge in [0.25, 0.3) is 0 Å². The molecule has 2 heterocycles. The number of benzene rings is 16. The van der Waals surface area contributed by atoms with Crippen molar-refractivity contribution in [1.82, 2.24) is 9.13 Å². The van der Waals surface area contributed by atoms with Crippen molar-refractivity contribution in [3.05, 3.63) is 417 Å². The number of hydrogen-bond donors (Lipinski definition) is 2. The first-order valence-corrected chi connectivity index (χ1v) is 35.7. The Kier molecular flexibility index (Phi) is 19.1. The first-order chi connectivity index (χ1) is 51.3. The fourth-order valence-electron chi connectivity index (χ4n) is 14.0. The maximum Gasteiger partial charge on any atom is 0.488 e. The van der Waals surface area contributed by atoms with Gasteiger partial charge in [0.2, 0.25) is 0 Å². The molecule has 0 spiro atoms. The van der Waals surface area contributed by atoms with E-state index < -0.39 is 7.12 Å². The van der Waals surface area contributed by atoms with E-state index >= 15 is 0 Å². The molecule has 0 saturated carbocycles. The second kappa shape index (κ2) is 30.2. The van der Waals surface area contributed by atoms with Crippen LogP contribution in [0.25, 0.3) is 111 Å². The van der Waals surface area contributed by atoms with Gasteiger partial charge in [-0.3, -0.25) is 0 Å². The molecule has 0 radical (unpaired) electrons. The molecule has 16 aromatic carbocycles. The summed E-state index contributed by atoms with van der Waals surface area (Å²) in [7, 11) is -1.49. The predicted octanol–water partition coefficient (Wildman–Crippen LogP) is 25.0. The van der Waals surface area contributed by atoms with Crippen LogP contribution >= 0.6 is 15.9 Å². The van der Waals surface area contributed by atoms with Crippen molar-refractivity contribution in [2.75, 3.05) is 9.80 Å². The maximum absolute atomic E-state index is 9.51. The van der Waals surface area contributed by atoms with Crippen molar-refractivity contribution in [2.24, 2.45) is 0 Å². The minimum atomic E-state index is -1.49. The molecule has 18 aromatic rings. The van der Waals surface area contributed by atoms with Crippen LogP contribution < -0.4 is 15.3 Å². The molecule has 104 heavy (non-hydrogen) atoms. The molecule has 0 aliphatic carbocycles. The van der Waals surface area contributed by atoms with E-state index in [1.54, 1.807) is 12.1 Å². The molecular weight excluding hydrogens is 1330 g/mol. The van der Waals surface area contributed by atoms with Gasteiger partial charge in [-0.05, 0) is 195 Å². The highest BCUT2D eigenvalue weighted by Crippen LogP contribution is 2.41. The standard InChI is InChI=1S/C48H34N2.C30H24BNO2.C18H12BrN/c1-3-11-35(12-4-1)37-19-27-41(28-20-37)49(42-29-21-38(22-30-42)36-13-5-2-6-14-36)43-31-23-39(24-32-43)40-25-33-44(34-26-40)50-47-17-9-7-15-45(47)46-16-8-10-18-48(46)50;33-31(34)27-15-21-30(22-16-27)32(28-17-11-25(12-18-28)23-7-3-1-4-8-23)29-19-13-26(14-20-29)24-9-5-2-6-10-24;19-13-9-11-14(12-10-13)20-17-7-3-1-5-15(17)16-6-2-4-8-18(16)20/h1-34H;1-22,33-34H;1-12H. The van der Waals surface area contributed by atoms with E-state index in [1.807, 2.05) is 48.5 Å². The van der Waals surface area contributed by atoms with Gasteiger partial charge in [-0.1, -0.05) is 295 Å². The third kappa shape index (κ3) is 13.9. The van der Waals surface area contributed by atoms with E-state index in [0.29, 0.717) is 5.46 Å². The van der Waals surface area contributed by atoms with Crippen molar-refractivity contribution in [3.63, 3.8) is 0 Å². The van der Waals surface area contributed by atoms with Gasteiger partial charge in [0.05, 0.1) is 22.1 Å². The molecule has 0 aliphatic heterocycles. The molecule has 8 heteroatoms. The van der Waals surface area contributed by atoms with Crippen molar-refractivity contribution >= 4 is 106 Å². The lowest BCUT2D eigenvalue weighted by Gasteiger charge is -2.26. The zero-order chi connectivity index (χ0) is 70.1. The molecule has 6 nitrogen and oxygen atoms in total. The molecule has 0 amide bonds. The van der Waals surface area contributed by atoms with Crippen LogP contribution in [-0.2, 0) is 0 Å². The van der Waals surface area contributed by atoms with Crippen molar-refractivity contribution in [2.45, 2.75) is 0 Å². The molecule has 0 atom stereocenters. The van der Waals surface area contributed by atoms with Crippen LogP contribution in [-0.4, -0.2) is 26.3 Å². The summed E-state index contributed by atoms with van der Waals surface area (Å²) in [5.41, 5.74) is 25.9. The van der Waals surface area contributed by atoms with Gasteiger partial charge in [0, 0.05) is 71.5 Å². The molecule has 0 saturated heterocycles. The Morgan fingerprint density at radius 3 is 0.635 bits per heavy atom. The number of fused-ring (bicyclic) bond motifs is 6. The maximum atomic E-state index is 9.51. The number of hydrogen-bond acceptors (Lipinski definition) is 4. The lowest BCUT2D eigenvalue weighted by Crippen LogP contribution is -2.29. The van der Waals surface area contributed by atoms with E-state index in [-0.39, 0.29) is 0 Å². The Bertz CT molecular complexity index is 5610. The number of anilines is 6. The fourth-order valence-corrected chi connectivity index (χ4v) is 14.3. The highest BCUT2D eigenvalue weighted by Gasteiger charge is 2.19. The third-order valence-electron chi connectivity index (χ3n) is 19.2. The highest BCUT2D eigenvalue weighted by molar-refractivity contribution is 9.10. The Balaban J connectivity index is 0.000000132. The molecular formula is C96H70BBrN4O2. The fraction of sp³-hybridized carbons (Fsp3) is 0. The summed E-state index contributed by atoms with van der Waals surface area (Å²) >= 11 is 3.50. The normalized spacial score (nSPS) is 11.0. The lowest BCUT2D eigenvalue weighted by molar-refractivity contribution is 0.426. The quantitative estimate of drug-likeness (QED) is 0.107. The van der Waals surface area contributed by atoms with Gasteiger partial charge in [-0.15, -0.1) is 0 Å². The molecule has 0 unspecified atom stereocenters. The van der Waals surface area contributed by atoms with Crippen LogP contribution in [0.15, 0.2) is 417 Å². The van der Waals surface area contributed by atoms with Gasteiger partial charge in [-0.25, -0.2) is 0 Å². The Labute approximate surface area is 615 Å². The molecule has 496 valence electrons. The zero-order valence-electron chi connectivity index (χ0n) is 56.9. The topological polar surface area (TPSA) is 56.8 Å². The minimum Gasteiger partial charge on any atom is -0.423 e. The monoisotopic (exact) mass is 1400 g/mol. The van der Waals surface area contributed by atoms with Crippen LogP contribution in [0.2, 0.25) is 0 Å². The SMILES string of the molecule is Brc1ccc(-n2c3ccccc3c3ccccc32)cc1.OB(O)c1ccc(N(c2ccc(-c3ccccc3)cc2)c2ccc(-c3ccccc3)cc2)cc1.c1ccc(-c2ccc(N(c3ccc(-c4ccccc4)cc3)c3ccc(-c4ccc(-n5c6ccccc6c6ccccc65)cc4)cc3)cc2)cc1. The van der Waals surface area contributed by atoms with E-state index in [1.165, 1.54) is 93.8 Å². The smallest absolute Gasteiger partial charge is 0.423 e. The van der Waals surface area contributed by atoms with E-state index in [4.69, 9.17) is 0 Å². The number of aromatic nitrogens is 2. The molecule has 0 aliphatic rings. The summed E-state index contributed by atoms with van der Waals surface area (Å²) in [6.07, 6.45) is 0. The summed E-state index contributed by atoms with van der Waals surface area (Å²) in [4.78, 5) is 4.50. The van der Waals surface area contributed by atoms with Crippen molar-refractivity contribution < 1.29 is 10.0 Å². The number of para-hydroxylation sites is 4. The Morgan fingerprint density at radius 1 is 0.202 bits per heavy atom. The van der Waals surface area contributed by atoms with E-state index in [9.17, 15) is 10.0 Å². The van der Waals surface area contributed by atoms with Crippen molar-refractivity contribution in [3.8, 4) is 67.0 Å². The lowest BCUT2D eigenvalue weighted by atomic mass is 9.80. The average molecular weight is 1400 g/mol. The second-order valence-electron chi connectivity index (χ2n) is 25.6. The molecule has 18 rings (SSSR count). The van der Waals surface area contributed by atoms with Crippen LogP contribution in [0.4, 0.5) is 34.1 Å². The number of nitrogens with zero attached hydrogens (tertiary/aromatic N) is 4. The predicted molar refractivity (Wildman–Crippen MR) is 442 cm³/mol. The van der Waals surface area contributed by atoms with Gasteiger partial charge in [-0.2, -0.15) is 0 Å². The first-order valence-electron chi connectivity index (χ1n) is 35.0. The largest absolute Gasteiger partial charge is 0.488 e. The van der Waals surface area contributed by atoms with Crippen LogP contribution in [0.1, 0.15) is 0 Å². The molecule has 0 fully saturated rings. The average Bonchev–Trinajstić information content (AvgIpc) is 1.62. The molecule has 0 bridgehead atoms. The summed E-state index contributed by atoms with van der Waals surface area (Å²) < 4.78 is 5.78. The first kappa shape index (κ1) is 65.8. The molecule has 2 aromatic heterocycles. The van der Waals surface area contributed by atoms with Crippen LogP contribution in [0.3, 0.4) is 0 Å². The summed E-state index contributed by atoms with van der Waals surface area (Å²) in [5.74, 6) is 0. The van der Waals surface area contributed by atoms with E-state index in [2.05, 4.69) is 387 Å². The van der Waals surface area contributed by atoms with Gasteiger partial charge < -0.3 is 29.0 Å². The van der Waals surface area contributed by atoms with Gasteiger partial charge in [0.1, 0.15) is 0 Å². The summed E-state index contributed by atoms with van der Waals surface area (Å²) in [5, 5.41) is 24.2. The van der Waals surface area contributed by atoms with Crippen molar-refractivity contribution in [1.29, 1.82) is 0 Å². The number of rotatable bonds is 14. The molecule has 2 N–H and O–H groups in total. The van der Waals surface area contributed by atoms with Crippen LogP contribution in [0, 0.1) is 0 Å². The minimum absolute atomic E-state index is 0.461. The third-order valence-corrected chi connectivity index (χ3v) is 19.7. The Hall–Kier alpha value is -12.8. The zero-order valence-corrected chi connectivity index (χ0v) is 58.5. The van der Waals surface area contributed by atoms with Gasteiger partial charge in [0.15, 0.2) is 0 Å². The highest BCUT2D eigenvalue weighted by atomic mass is 79.9. The second-order valence-corrected chi connectivity index (χ2v) is 26.5. The Morgan fingerprint density at radius 2 is 0.394 bits per heavy atom. The van der Waals surface area contributed by atoms with E-state index in [0.717, 1.165) is 55.4 Å². The summed E-state index contributed by atoms with van der Waals surface area (Å²) in [6, 6.07) is 144.